The lowest BCUT2D eigenvalue weighted by atomic mass is 9.88. The summed E-state index contributed by atoms with van der Waals surface area (Å²) in [6, 6.07) is 21.4. The number of para-hydroxylation sites is 2. The van der Waals surface area contributed by atoms with Crippen LogP contribution in [0.5, 0.6) is 11.5 Å². The Morgan fingerprint density at radius 1 is 0.931 bits per heavy atom. The van der Waals surface area contributed by atoms with Crippen molar-refractivity contribution in [2.75, 3.05) is 7.05 Å². The third-order valence-electron chi connectivity index (χ3n) is 5.35. The molecule has 29 heavy (non-hydrogen) atoms. The molecule has 7 heteroatoms. The van der Waals surface area contributed by atoms with Crippen LogP contribution in [0.15, 0.2) is 71.7 Å². The Morgan fingerprint density at radius 2 is 1.69 bits per heavy atom. The molecule has 2 heterocycles. The second-order valence-electron chi connectivity index (χ2n) is 7.10. The van der Waals surface area contributed by atoms with Gasteiger partial charge < -0.3 is 15.4 Å². The van der Waals surface area contributed by atoms with E-state index < -0.39 is 5.66 Å². The highest BCUT2D eigenvalue weighted by atomic mass is 16.5. The zero-order valence-electron chi connectivity index (χ0n) is 16.1. The lowest BCUT2D eigenvalue weighted by Crippen LogP contribution is -2.53. The smallest absolute Gasteiger partial charge is 0.147 e. The third kappa shape index (κ3) is 2.67. The van der Waals surface area contributed by atoms with Gasteiger partial charge in [-0.05, 0) is 24.3 Å². The number of aliphatic imine (C=N–C) groups is 1. The van der Waals surface area contributed by atoms with Gasteiger partial charge in [0.25, 0.3) is 0 Å². The van der Waals surface area contributed by atoms with Crippen LogP contribution in [0, 0.1) is 0 Å². The van der Waals surface area contributed by atoms with E-state index in [0.717, 1.165) is 27.8 Å². The summed E-state index contributed by atoms with van der Waals surface area (Å²) in [7, 11) is 3.78. The van der Waals surface area contributed by atoms with Crippen LogP contribution in [-0.2, 0) is 12.7 Å². The molecular formula is C22H20N6O. The Balaban J connectivity index is 1.61. The van der Waals surface area contributed by atoms with Gasteiger partial charge in [0.15, 0.2) is 0 Å². The van der Waals surface area contributed by atoms with Crippen LogP contribution < -0.4 is 10.5 Å². The van der Waals surface area contributed by atoms with Crippen molar-refractivity contribution in [3.05, 3.63) is 77.9 Å². The number of aromatic nitrogens is 3. The molecule has 7 nitrogen and oxygen atoms in total. The number of ether oxygens (including phenoxy) is 1. The standard InChI is InChI=1S/C22H20N6O/c1-27-14-24-18-9-5-3-7-16(18)22(27,23)17-8-4-6-10-21(17)29-15-11-12-20-19(13-15)25-26-28(20)2/h3-14H,23H2,1-2H3. The number of rotatable bonds is 3. The van der Waals surface area contributed by atoms with Crippen LogP contribution in [0.1, 0.15) is 11.1 Å². The molecule has 5 rings (SSSR count). The van der Waals surface area contributed by atoms with E-state index in [2.05, 4.69) is 15.3 Å². The summed E-state index contributed by atoms with van der Waals surface area (Å²) in [4.78, 5) is 6.41. The first-order valence-electron chi connectivity index (χ1n) is 9.29. The topological polar surface area (TPSA) is 81.6 Å². The van der Waals surface area contributed by atoms with Crippen LogP contribution in [0.3, 0.4) is 0 Å². The summed E-state index contributed by atoms with van der Waals surface area (Å²) >= 11 is 0. The van der Waals surface area contributed by atoms with Crippen molar-refractivity contribution in [3.63, 3.8) is 0 Å². The van der Waals surface area contributed by atoms with Crippen molar-refractivity contribution < 1.29 is 4.74 Å². The highest BCUT2D eigenvalue weighted by Crippen LogP contribution is 2.42. The fourth-order valence-corrected chi connectivity index (χ4v) is 3.75. The highest BCUT2D eigenvalue weighted by molar-refractivity contribution is 5.76. The molecule has 1 aliphatic heterocycles. The average molecular weight is 384 g/mol. The highest BCUT2D eigenvalue weighted by Gasteiger charge is 2.39. The minimum atomic E-state index is -0.911. The molecule has 0 saturated heterocycles. The molecule has 1 aromatic heterocycles. The molecule has 3 aromatic carbocycles. The first kappa shape index (κ1) is 17.4. The Hall–Kier alpha value is -3.71. The molecule has 1 aliphatic rings. The van der Waals surface area contributed by atoms with Gasteiger partial charge in [0.1, 0.15) is 22.7 Å². The summed E-state index contributed by atoms with van der Waals surface area (Å²) in [5.74, 6) is 1.35. The number of fused-ring (bicyclic) bond motifs is 2. The van der Waals surface area contributed by atoms with Crippen molar-refractivity contribution >= 4 is 23.1 Å². The van der Waals surface area contributed by atoms with Crippen molar-refractivity contribution in [3.8, 4) is 11.5 Å². The van der Waals surface area contributed by atoms with Gasteiger partial charge in [-0.25, -0.2) is 9.67 Å². The van der Waals surface area contributed by atoms with Crippen LogP contribution in [-0.4, -0.2) is 33.3 Å². The Bertz CT molecular complexity index is 1250. The zero-order chi connectivity index (χ0) is 20.0. The molecule has 144 valence electrons. The Kier molecular flexibility index (Phi) is 3.85. The molecule has 0 amide bonds. The van der Waals surface area contributed by atoms with E-state index in [9.17, 15) is 0 Å². The van der Waals surface area contributed by atoms with E-state index in [-0.39, 0.29) is 0 Å². The first-order chi connectivity index (χ1) is 14.1. The molecule has 0 bridgehead atoms. The number of nitrogens with zero attached hydrogens (tertiary/aromatic N) is 5. The average Bonchev–Trinajstić information content (AvgIpc) is 3.11. The summed E-state index contributed by atoms with van der Waals surface area (Å²) in [6.07, 6.45) is 1.75. The number of hydrogen-bond donors (Lipinski definition) is 1. The Labute approximate surface area is 168 Å². The minimum absolute atomic E-state index is 0.675. The van der Waals surface area contributed by atoms with E-state index in [1.807, 2.05) is 85.7 Å². The van der Waals surface area contributed by atoms with Gasteiger partial charge in [0.05, 0.1) is 17.5 Å². The number of benzene rings is 3. The molecule has 0 fully saturated rings. The fourth-order valence-electron chi connectivity index (χ4n) is 3.75. The molecule has 1 unspecified atom stereocenters. The number of aryl methyl sites for hydroxylation is 1. The summed E-state index contributed by atoms with van der Waals surface area (Å²) in [5, 5.41) is 8.22. The van der Waals surface area contributed by atoms with Crippen LogP contribution in [0.4, 0.5) is 5.69 Å². The zero-order valence-corrected chi connectivity index (χ0v) is 16.1. The van der Waals surface area contributed by atoms with E-state index in [1.54, 1.807) is 11.0 Å². The van der Waals surface area contributed by atoms with Crippen LogP contribution >= 0.6 is 0 Å². The predicted octanol–water partition coefficient (Wildman–Crippen LogP) is 3.53. The molecular weight excluding hydrogens is 364 g/mol. The van der Waals surface area contributed by atoms with Crippen molar-refractivity contribution in [2.24, 2.45) is 17.8 Å². The Morgan fingerprint density at radius 3 is 2.55 bits per heavy atom. The van der Waals surface area contributed by atoms with Gasteiger partial charge >= 0.3 is 0 Å². The third-order valence-corrected chi connectivity index (χ3v) is 5.35. The van der Waals surface area contributed by atoms with Gasteiger partial charge in [0, 0.05) is 31.3 Å². The predicted molar refractivity (Wildman–Crippen MR) is 112 cm³/mol. The van der Waals surface area contributed by atoms with E-state index in [1.165, 1.54) is 0 Å². The maximum atomic E-state index is 7.01. The summed E-state index contributed by atoms with van der Waals surface area (Å²) in [6.45, 7) is 0. The normalized spacial score (nSPS) is 18.1. The number of hydrogen-bond acceptors (Lipinski definition) is 6. The summed E-state index contributed by atoms with van der Waals surface area (Å²) in [5.41, 5.74) is 10.4. The molecule has 1 atom stereocenters. The van der Waals surface area contributed by atoms with Crippen molar-refractivity contribution in [1.29, 1.82) is 0 Å². The van der Waals surface area contributed by atoms with Crippen molar-refractivity contribution in [1.82, 2.24) is 19.9 Å². The summed E-state index contributed by atoms with van der Waals surface area (Å²) < 4.78 is 8.01. The van der Waals surface area contributed by atoms with Gasteiger partial charge in [-0.3, -0.25) is 0 Å². The number of nitrogens with two attached hydrogens (primary N) is 1. The molecule has 0 aliphatic carbocycles. The molecule has 0 radical (unpaired) electrons. The van der Waals surface area contributed by atoms with Gasteiger partial charge in [0.2, 0.25) is 0 Å². The maximum absolute atomic E-state index is 7.01. The van der Waals surface area contributed by atoms with Gasteiger partial charge in [-0.1, -0.05) is 41.6 Å². The maximum Gasteiger partial charge on any atom is 0.147 e. The van der Waals surface area contributed by atoms with E-state index in [4.69, 9.17) is 10.5 Å². The first-order valence-corrected chi connectivity index (χ1v) is 9.29. The molecule has 4 aromatic rings. The largest absolute Gasteiger partial charge is 0.457 e. The lowest BCUT2D eigenvalue weighted by Gasteiger charge is -2.41. The minimum Gasteiger partial charge on any atom is -0.457 e. The monoisotopic (exact) mass is 384 g/mol. The SMILES string of the molecule is CN1C=Nc2ccccc2C1(N)c1ccccc1Oc1ccc2c(c1)nnn2C. The molecule has 2 N–H and O–H groups in total. The van der Waals surface area contributed by atoms with Gasteiger partial charge in [-0.15, -0.1) is 5.10 Å². The van der Waals surface area contributed by atoms with Gasteiger partial charge in [-0.2, -0.15) is 0 Å². The second kappa shape index (κ2) is 6.42. The van der Waals surface area contributed by atoms with E-state index >= 15 is 0 Å². The molecule has 0 saturated carbocycles. The van der Waals surface area contributed by atoms with Crippen molar-refractivity contribution in [2.45, 2.75) is 5.66 Å². The second-order valence-corrected chi connectivity index (χ2v) is 7.10. The fraction of sp³-hybridized carbons (Fsp3) is 0.136. The molecule has 0 spiro atoms. The van der Waals surface area contributed by atoms with Crippen LogP contribution in [0.25, 0.3) is 11.0 Å². The van der Waals surface area contributed by atoms with Crippen LogP contribution in [0.2, 0.25) is 0 Å². The quantitative estimate of drug-likeness (QED) is 0.584. The lowest BCUT2D eigenvalue weighted by molar-refractivity contribution is 0.266. The van der Waals surface area contributed by atoms with E-state index in [0.29, 0.717) is 11.5 Å².